The summed E-state index contributed by atoms with van der Waals surface area (Å²) < 4.78 is 6.38. The number of hydrogen-bond acceptors (Lipinski definition) is 5. The zero-order valence-electron chi connectivity index (χ0n) is 11.2. The Kier molecular flexibility index (Phi) is 3.54. The number of methoxy groups -OCH3 is 1. The molecular formula is C15H14N2OS2. The second kappa shape index (κ2) is 5.34. The van der Waals surface area contributed by atoms with Crippen molar-refractivity contribution in [2.24, 2.45) is 0 Å². The summed E-state index contributed by atoms with van der Waals surface area (Å²) >= 11 is 3.29. The van der Waals surface area contributed by atoms with Crippen LogP contribution in [0.3, 0.4) is 0 Å². The molecule has 0 fully saturated rings. The van der Waals surface area contributed by atoms with E-state index < -0.39 is 0 Å². The van der Waals surface area contributed by atoms with Crippen LogP contribution in [0, 0.1) is 6.92 Å². The Hall–Kier alpha value is -1.72. The largest absolute Gasteiger partial charge is 0.497 e. The molecule has 2 aromatic carbocycles. The zero-order chi connectivity index (χ0) is 14.1. The summed E-state index contributed by atoms with van der Waals surface area (Å²) in [7, 11) is 1.67. The van der Waals surface area contributed by atoms with Gasteiger partial charge < -0.3 is 10.5 Å². The normalized spacial score (nSPS) is 10.9. The highest BCUT2D eigenvalue weighted by Gasteiger charge is 2.08. The predicted octanol–water partition coefficient (Wildman–Crippen LogP) is 4.35. The van der Waals surface area contributed by atoms with Gasteiger partial charge in [0.25, 0.3) is 0 Å². The number of ether oxygens (including phenoxy) is 1. The van der Waals surface area contributed by atoms with Crippen molar-refractivity contribution in [3.05, 3.63) is 41.4 Å². The van der Waals surface area contributed by atoms with E-state index in [1.807, 2.05) is 37.3 Å². The van der Waals surface area contributed by atoms with Crippen LogP contribution in [-0.2, 0) is 0 Å². The van der Waals surface area contributed by atoms with Crippen LogP contribution in [0.4, 0.5) is 5.69 Å². The molecule has 0 radical (unpaired) electrons. The maximum Gasteiger partial charge on any atom is 0.119 e. The second-order valence-electron chi connectivity index (χ2n) is 4.37. The average molecular weight is 302 g/mol. The highest BCUT2D eigenvalue weighted by Crippen LogP contribution is 2.37. The molecule has 2 N–H and O–H groups in total. The monoisotopic (exact) mass is 302 g/mol. The first-order valence-electron chi connectivity index (χ1n) is 6.14. The van der Waals surface area contributed by atoms with Crippen molar-refractivity contribution in [3.63, 3.8) is 0 Å². The van der Waals surface area contributed by atoms with Crippen LogP contribution >= 0.6 is 23.1 Å². The van der Waals surface area contributed by atoms with Gasteiger partial charge in [0.15, 0.2) is 0 Å². The Labute approximate surface area is 125 Å². The minimum absolute atomic E-state index is 0.786. The van der Waals surface area contributed by atoms with Crippen molar-refractivity contribution in [3.8, 4) is 5.75 Å². The van der Waals surface area contributed by atoms with Crippen LogP contribution in [-0.4, -0.2) is 12.1 Å². The van der Waals surface area contributed by atoms with Crippen molar-refractivity contribution >= 4 is 39.0 Å². The number of hydrogen-bond donors (Lipinski definition) is 1. The van der Waals surface area contributed by atoms with Crippen LogP contribution in [0.15, 0.2) is 46.2 Å². The third kappa shape index (κ3) is 2.59. The number of nitrogens with zero attached hydrogens (tertiary/aromatic N) is 1. The third-order valence-corrected chi connectivity index (χ3v) is 4.89. The highest BCUT2D eigenvalue weighted by atomic mass is 32.2. The lowest BCUT2D eigenvalue weighted by molar-refractivity contribution is 0.413. The van der Waals surface area contributed by atoms with Crippen LogP contribution in [0.5, 0.6) is 5.75 Å². The summed E-state index contributed by atoms with van der Waals surface area (Å²) in [5, 5.41) is 1.06. The smallest absolute Gasteiger partial charge is 0.119 e. The van der Waals surface area contributed by atoms with E-state index in [4.69, 9.17) is 10.5 Å². The van der Waals surface area contributed by atoms with E-state index in [1.165, 1.54) is 0 Å². The van der Waals surface area contributed by atoms with E-state index in [9.17, 15) is 0 Å². The molecule has 0 atom stereocenters. The molecular weight excluding hydrogens is 288 g/mol. The number of benzene rings is 2. The number of nitrogen functional groups attached to an aromatic ring is 1. The molecule has 1 heterocycles. The Bertz CT molecular complexity index is 768. The van der Waals surface area contributed by atoms with Crippen LogP contribution in [0.1, 0.15) is 5.01 Å². The predicted molar refractivity (Wildman–Crippen MR) is 85.9 cm³/mol. The number of aryl methyl sites for hydroxylation is 1. The number of rotatable bonds is 3. The second-order valence-corrected chi connectivity index (χ2v) is 6.72. The molecule has 3 aromatic rings. The van der Waals surface area contributed by atoms with Gasteiger partial charge in [0.1, 0.15) is 5.75 Å². The molecule has 1 aromatic heterocycles. The van der Waals surface area contributed by atoms with Gasteiger partial charge in [-0.3, -0.25) is 0 Å². The van der Waals surface area contributed by atoms with Crippen molar-refractivity contribution < 1.29 is 4.74 Å². The molecule has 0 unspecified atom stereocenters. The number of nitrogens with two attached hydrogens (primary N) is 1. The van der Waals surface area contributed by atoms with Gasteiger partial charge in [-0.05, 0) is 37.3 Å². The Morgan fingerprint density at radius 3 is 2.90 bits per heavy atom. The molecule has 0 amide bonds. The first-order chi connectivity index (χ1) is 9.65. The third-order valence-electron chi connectivity index (χ3n) is 2.90. The molecule has 3 nitrogen and oxygen atoms in total. The minimum atomic E-state index is 0.786. The van der Waals surface area contributed by atoms with E-state index >= 15 is 0 Å². The van der Waals surface area contributed by atoms with Crippen LogP contribution in [0.2, 0.25) is 0 Å². The average Bonchev–Trinajstić information content (AvgIpc) is 2.78. The molecule has 0 spiro atoms. The molecule has 0 aliphatic heterocycles. The van der Waals surface area contributed by atoms with Gasteiger partial charge in [-0.2, -0.15) is 0 Å². The molecule has 20 heavy (non-hydrogen) atoms. The van der Waals surface area contributed by atoms with Crippen molar-refractivity contribution in [1.82, 2.24) is 4.98 Å². The van der Waals surface area contributed by atoms with Crippen molar-refractivity contribution in [1.29, 1.82) is 0 Å². The lowest BCUT2D eigenvalue weighted by Gasteiger charge is -2.07. The molecule has 5 heteroatoms. The quantitative estimate of drug-likeness (QED) is 0.731. The van der Waals surface area contributed by atoms with Gasteiger partial charge >= 0.3 is 0 Å². The topological polar surface area (TPSA) is 48.1 Å². The summed E-state index contributed by atoms with van der Waals surface area (Å²) in [6.45, 7) is 2.01. The van der Waals surface area contributed by atoms with Gasteiger partial charge in [0.05, 0.1) is 22.3 Å². The summed E-state index contributed by atoms with van der Waals surface area (Å²) in [6.07, 6.45) is 0. The molecule has 0 saturated carbocycles. The van der Waals surface area contributed by atoms with Crippen LogP contribution in [0.25, 0.3) is 10.2 Å². The van der Waals surface area contributed by atoms with Crippen molar-refractivity contribution in [2.75, 3.05) is 12.8 Å². The van der Waals surface area contributed by atoms with Crippen molar-refractivity contribution in [2.45, 2.75) is 16.7 Å². The molecule has 3 rings (SSSR count). The summed E-state index contributed by atoms with van der Waals surface area (Å²) in [5.41, 5.74) is 7.93. The lowest BCUT2D eigenvalue weighted by atomic mass is 10.3. The number of aromatic nitrogens is 1. The van der Waals surface area contributed by atoms with Gasteiger partial charge in [-0.25, -0.2) is 4.98 Å². The number of fused-ring (bicyclic) bond motifs is 1. The SMILES string of the molecule is COc1cccc(Sc2cc3nc(C)sc3cc2N)c1. The maximum absolute atomic E-state index is 6.14. The summed E-state index contributed by atoms with van der Waals surface area (Å²) in [6, 6.07) is 12.0. The van der Waals surface area contributed by atoms with E-state index in [0.717, 1.165) is 36.5 Å². The van der Waals surface area contributed by atoms with E-state index in [-0.39, 0.29) is 0 Å². The van der Waals surface area contributed by atoms with Gasteiger partial charge in [-0.15, -0.1) is 11.3 Å². The molecule has 102 valence electrons. The maximum atomic E-state index is 6.14. The fraction of sp³-hybridized carbons (Fsp3) is 0.133. The number of thiazole rings is 1. The molecule has 0 aliphatic rings. The van der Waals surface area contributed by atoms with E-state index in [0.29, 0.717) is 0 Å². The van der Waals surface area contributed by atoms with E-state index in [2.05, 4.69) is 11.1 Å². The first-order valence-corrected chi connectivity index (χ1v) is 7.77. The standard InChI is InChI=1S/C15H14N2OS2/c1-9-17-13-8-14(12(16)7-15(13)19-9)20-11-5-3-4-10(6-11)18-2/h3-8H,16H2,1-2H3. The van der Waals surface area contributed by atoms with Gasteiger partial charge in [0.2, 0.25) is 0 Å². The zero-order valence-corrected chi connectivity index (χ0v) is 12.8. The molecule has 0 saturated heterocycles. The fourth-order valence-corrected chi connectivity index (χ4v) is 3.75. The van der Waals surface area contributed by atoms with Gasteiger partial charge in [0, 0.05) is 15.5 Å². The first kappa shape index (κ1) is 13.3. The van der Waals surface area contributed by atoms with E-state index in [1.54, 1.807) is 30.2 Å². The number of anilines is 1. The molecule has 0 bridgehead atoms. The molecule has 0 aliphatic carbocycles. The Morgan fingerprint density at radius 2 is 2.10 bits per heavy atom. The fourth-order valence-electron chi connectivity index (χ4n) is 1.97. The Balaban J connectivity index is 1.98. The highest BCUT2D eigenvalue weighted by molar-refractivity contribution is 7.99. The van der Waals surface area contributed by atoms with Gasteiger partial charge in [-0.1, -0.05) is 17.8 Å². The van der Waals surface area contributed by atoms with Crippen LogP contribution < -0.4 is 10.5 Å². The summed E-state index contributed by atoms with van der Waals surface area (Å²) in [4.78, 5) is 6.64. The Morgan fingerprint density at radius 1 is 1.25 bits per heavy atom. The minimum Gasteiger partial charge on any atom is -0.497 e. The lowest BCUT2D eigenvalue weighted by Crippen LogP contribution is -1.88. The summed E-state index contributed by atoms with van der Waals surface area (Å²) in [5.74, 6) is 0.846.